The number of ether oxygens (including phenoxy) is 1. The average molecular weight is 229 g/mol. The Kier molecular flexibility index (Phi) is 3.23. The van der Waals surface area contributed by atoms with E-state index in [9.17, 15) is 0 Å². The summed E-state index contributed by atoms with van der Waals surface area (Å²) in [6.07, 6.45) is 1.73. The molecular formula is C13H15N3O. The topological polar surface area (TPSA) is 47.0 Å². The molecule has 0 saturated carbocycles. The highest BCUT2D eigenvalue weighted by molar-refractivity contribution is 5.68. The number of nitrogens with one attached hydrogen (secondary N) is 1. The van der Waals surface area contributed by atoms with Crippen molar-refractivity contribution in [2.45, 2.75) is 6.92 Å². The van der Waals surface area contributed by atoms with Crippen LogP contribution >= 0.6 is 0 Å². The van der Waals surface area contributed by atoms with Gasteiger partial charge >= 0.3 is 0 Å². The summed E-state index contributed by atoms with van der Waals surface area (Å²) in [5.41, 5.74) is 3.00. The van der Waals surface area contributed by atoms with Gasteiger partial charge in [-0.3, -0.25) is 0 Å². The molecular weight excluding hydrogens is 214 g/mol. The number of aromatic nitrogens is 2. The third-order valence-electron chi connectivity index (χ3n) is 2.51. The number of methoxy groups -OCH3 is 1. The van der Waals surface area contributed by atoms with Gasteiger partial charge in [-0.15, -0.1) is 0 Å². The zero-order valence-corrected chi connectivity index (χ0v) is 10.2. The summed E-state index contributed by atoms with van der Waals surface area (Å²) in [6.45, 7) is 2.04. The van der Waals surface area contributed by atoms with E-state index in [0.29, 0.717) is 5.95 Å². The largest absolute Gasteiger partial charge is 0.496 e. The van der Waals surface area contributed by atoms with E-state index < -0.39 is 0 Å². The fraction of sp³-hybridized carbons (Fsp3) is 0.231. The smallest absolute Gasteiger partial charge is 0.222 e. The molecule has 1 N–H and O–H groups in total. The van der Waals surface area contributed by atoms with Crippen LogP contribution in [0.4, 0.5) is 5.95 Å². The second-order valence-electron chi connectivity index (χ2n) is 3.72. The lowest BCUT2D eigenvalue weighted by atomic mass is 10.1. The predicted molar refractivity (Wildman–Crippen MR) is 68.3 cm³/mol. The van der Waals surface area contributed by atoms with Crippen LogP contribution < -0.4 is 10.1 Å². The van der Waals surface area contributed by atoms with Crippen LogP contribution in [-0.2, 0) is 0 Å². The molecule has 0 atom stereocenters. The van der Waals surface area contributed by atoms with Crippen molar-refractivity contribution in [3.63, 3.8) is 0 Å². The van der Waals surface area contributed by atoms with Gasteiger partial charge in [-0.1, -0.05) is 11.6 Å². The second-order valence-corrected chi connectivity index (χ2v) is 3.72. The SMILES string of the molecule is CNc1nccc(-c2cc(C)ccc2OC)n1. The van der Waals surface area contributed by atoms with Crippen LogP contribution in [-0.4, -0.2) is 24.1 Å². The third kappa shape index (κ3) is 2.36. The average Bonchev–Trinajstić information content (AvgIpc) is 2.39. The molecule has 1 aromatic heterocycles. The Labute approximate surface area is 101 Å². The van der Waals surface area contributed by atoms with Gasteiger partial charge in [-0.25, -0.2) is 9.97 Å². The minimum atomic E-state index is 0.603. The van der Waals surface area contributed by atoms with Gasteiger partial charge in [-0.2, -0.15) is 0 Å². The number of anilines is 1. The summed E-state index contributed by atoms with van der Waals surface area (Å²) in [7, 11) is 3.46. The highest BCUT2D eigenvalue weighted by Crippen LogP contribution is 2.29. The van der Waals surface area contributed by atoms with Crippen molar-refractivity contribution < 1.29 is 4.74 Å². The first-order valence-electron chi connectivity index (χ1n) is 5.40. The van der Waals surface area contributed by atoms with Gasteiger partial charge in [0.1, 0.15) is 5.75 Å². The molecule has 1 aromatic carbocycles. The Morgan fingerprint density at radius 1 is 1.24 bits per heavy atom. The second kappa shape index (κ2) is 4.82. The first-order valence-corrected chi connectivity index (χ1v) is 5.40. The summed E-state index contributed by atoms with van der Waals surface area (Å²) in [6, 6.07) is 7.90. The predicted octanol–water partition coefficient (Wildman–Crippen LogP) is 2.50. The lowest BCUT2D eigenvalue weighted by Gasteiger charge is -2.09. The van der Waals surface area contributed by atoms with E-state index in [-0.39, 0.29) is 0 Å². The van der Waals surface area contributed by atoms with Crippen LogP contribution in [0.5, 0.6) is 5.75 Å². The fourth-order valence-electron chi connectivity index (χ4n) is 1.65. The number of rotatable bonds is 3. The van der Waals surface area contributed by atoms with Crippen LogP contribution in [0, 0.1) is 6.92 Å². The van der Waals surface area contributed by atoms with Crippen molar-refractivity contribution >= 4 is 5.95 Å². The van der Waals surface area contributed by atoms with Crippen LogP contribution in [0.15, 0.2) is 30.5 Å². The van der Waals surface area contributed by atoms with Crippen molar-refractivity contribution in [3.8, 4) is 17.0 Å². The Balaban J connectivity index is 2.54. The molecule has 0 radical (unpaired) electrons. The van der Waals surface area contributed by atoms with E-state index in [1.165, 1.54) is 5.56 Å². The van der Waals surface area contributed by atoms with Crippen molar-refractivity contribution in [3.05, 3.63) is 36.0 Å². The minimum absolute atomic E-state index is 0.603. The van der Waals surface area contributed by atoms with E-state index in [4.69, 9.17) is 4.74 Å². The highest BCUT2D eigenvalue weighted by Gasteiger charge is 2.08. The standard InChI is InChI=1S/C13H15N3O/c1-9-4-5-12(17-3)10(8-9)11-6-7-15-13(14-2)16-11/h4-8H,1-3H3,(H,14,15,16). The molecule has 4 heteroatoms. The summed E-state index contributed by atoms with van der Waals surface area (Å²) >= 11 is 0. The van der Waals surface area contributed by atoms with Gasteiger partial charge in [-0.05, 0) is 25.1 Å². The summed E-state index contributed by atoms with van der Waals surface area (Å²) in [5, 5.41) is 2.93. The van der Waals surface area contributed by atoms with Crippen molar-refractivity contribution in [1.82, 2.24) is 9.97 Å². The molecule has 4 nitrogen and oxygen atoms in total. The molecule has 0 amide bonds. The Morgan fingerprint density at radius 2 is 2.06 bits per heavy atom. The number of hydrogen-bond donors (Lipinski definition) is 1. The number of nitrogens with zero attached hydrogens (tertiary/aromatic N) is 2. The van der Waals surface area contributed by atoms with Crippen LogP contribution in [0.2, 0.25) is 0 Å². The minimum Gasteiger partial charge on any atom is -0.496 e. The van der Waals surface area contributed by atoms with Crippen LogP contribution in [0.1, 0.15) is 5.56 Å². The van der Waals surface area contributed by atoms with Gasteiger partial charge in [0.05, 0.1) is 12.8 Å². The van der Waals surface area contributed by atoms with Gasteiger partial charge < -0.3 is 10.1 Å². The Bertz CT molecular complexity index is 526. The first kappa shape index (κ1) is 11.4. The van der Waals surface area contributed by atoms with Crippen molar-refractivity contribution in [2.24, 2.45) is 0 Å². The molecule has 1 heterocycles. The van der Waals surface area contributed by atoms with Gasteiger partial charge in [0, 0.05) is 18.8 Å². The lowest BCUT2D eigenvalue weighted by Crippen LogP contribution is -1.98. The highest BCUT2D eigenvalue weighted by atomic mass is 16.5. The number of aryl methyl sites for hydroxylation is 1. The maximum atomic E-state index is 5.35. The van der Waals surface area contributed by atoms with Crippen LogP contribution in [0.25, 0.3) is 11.3 Å². The quantitative estimate of drug-likeness (QED) is 0.878. The van der Waals surface area contributed by atoms with Crippen molar-refractivity contribution in [2.75, 3.05) is 19.5 Å². The molecule has 0 bridgehead atoms. The number of benzene rings is 1. The van der Waals surface area contributed by atoms with E-state index in [0.717, 1.165) is 17.0 Å². The molecule has 17 heavy (non-hydrogen) atoms. The molecule has 2 aromatic rings. The lowest BCUT2D eigenvalue weighted by molar-refractivity contribution is 0.416. The van der Waals surface area contributed by atoms with E-state index in [1.807, 2.05) is 25.1 Å². The monoisotopic (exact) mass is 229 g/mol. The molecule has 0 fully saturated rings. The van der Waals surface area contributed by atoms with Gasteiger partial charge in [0.15, 0.2) is 0 Å². The van der Waals surface area contributed by atoms with E-state index in [2.05, 4.69) is 21.4 Å². The summed E-state index contributed by atoms with van der Waals surface area (Å²) in [5.74, 6) is 1.42. The van der Waals surface area contributed by atoms with Gasteiger partial charge in [0.2, 0.25) is 5.95 Å². The summed E-state index contributed by atoms with van der Waals surface area (Å²) in [4.78, 5) is 8.51. The van der Waals surface area contributed by atoms with Crippen LogP contribution in [0.3, 0.4) is 0 Å². The zero-order valence-electron chi connectivity index (χ0n) is 10.2. The molecule has 0 aliphatic carbocycles. The van der Waals surface area contributed by atoms with E-state index >= 15 is 0 Å². The Hall–Kier alpha value is -2.10. The molecule has 2 rings (SSSR count). The maximum Gasteiger partial charge on any atom is 0.222 e. The number of hydrogen-bond acceptors (Lipinski definition) is 4. The summed E-state index contributed by atoms with van der Waals surface area (Å²) < 4.78 is 5.35. The Morgan fingerprint density at radius 3 is 2.76 bits per heavy atom. The normalized spacial score (nSPS) is 10.1. The van der Waals surface area contributed by atoms with Gasteiger partial charge in [0.25, 0.3) is 0 Å². The molecule has 0 saturated heterocycles. The maximum absolute atomic E-state index is 5.35. The van der Waals surface area contributed by atoms with E-state index in [1.54, 1.807) is 20.4 Å². The molecule has 88 valence electrons. The molecule has 0 aliphatic heterocycles. The third-order valence-corrected chi connectivity index (χ3v) is 2.51. The zero-order chi connectivity index (χ0) is 12.3. The molecule has 0 aliphatic rings. The molecule has 0 spiro atoms. The van der Waals surface area contributed by atoms with Crippen molar-refractivity contribution in [1.29, 1.82) is 0 Å². The fourth-order valence-corrected chi connectivity index (χ4v) is 1.65. The molecule has 0 unspecified atom stereocenters. The first-order chi connectivity index (χ1) is 8.24.